The summed E-state index contributed by atoms with van der Waals surface area (Å²) in [4.78, 5) is 2.47. The predicted molar refractivity (Wildman–Crippen MR) is 75.2 cm³/mol. The van der Waals surface area contributed by atoms with Gasteiger partial charge in [-0.3, -0.25) is 0 Å². The van der Waals surface area contributed by atoms with Crippen molar-refractivity contribution >= 4 is 5.69 Å². The second-order valence-electron chi connectivity index (χ2n) is 6.96. The van der Waals surface area contributed by atoms with Crippen molar-refractivity contribution in [3.8, 4) is 0 Å². The van der Waals surface area contributed by atoms with Gasteiger partial charge in [0.25, 0.3) is 0 Å². The molecule has 2 fully saturated rings. The van der Waals surface area contributed by atoms with Crippen LogP contribution in [0.3, 0.4) is 0 Å². The van der Waals surface area contributed by atoms with Crippen molar-refractivity contribution in [2.75, 3.05) is 31.2 Å². The smallest absolute Gasteiger partial charge is 0.0557 e. The van der Waals surface area contributed by atoms with E-state index in [1.54, 1.807) is 0 Å². The van der Waals surface area contributed by atoms with Crippen molar-refractivity contribution in [2.45, 2.75) is 32.6 Å². The standard InChI is InChI=1S/C16H23NO/c1-15(2,3)13-4-6-14(7-5-13)17-10-16(11-17)8-9-18-12-16/h4-7H,8-12H2,1-3H3. The summed E-state index contributed by atoms with van der Waals surface area (Å²) in [6.07, 6.45) is 1.24. The zero-order valence-electron chi connectivity index (χ0n) is 11.7. The van der Waals surface area contributed by atoms with E-state index < -0.39 is 0 Å². The maximum absolute atomic E-state index is 5.52. The van der Waals surface area contributed by atoms with Gasteiger partial charge in [0.1, 0.15) is 0 Å². The molecule has 0 atom stereocenters. The van der Waals surface area contributed by atoms with Crippen LogP contribution in [0.1, 0.15) is 32.8 Å². The van der Waals surface area contributed by atoms with Gasteiger partial charge in [0.15, 0.2) is 0 Å². The van der Waals surface area contributed by atoms with Crippen LogP contribution in [0.4, 0.5) is 5.69 Å². The third kappa shape index (κ3) is 2.03. The molecule has 0 aliphatic carbocycles. The molecule has 2 aliphatic heterocycles. The lowest BCUT2D eigenvalue weighted by Gasteiger charge is -2.48. The Morgan fingerprint density at radius 3 is 2.28 bits per heavy atom. The number of anilines is 1. The second-order valence-corrected chi connectivity index (χ2v) is 6.96. The van der Waals surface area contributed by atoms with Crippen molar-refractivity contribution in [2.24, 2.45) is 5.41 Å². The Labute approximate surface area is 110 Å². The van der Waals surface area contributed by atoms with Gasteiger partial charge in [-0.05, 0) is 29.5 Å². The molecule has 0 amide bonds. The lowest BCUT2D eigenvalue weighted by Crippen LogP contribution is -2.56. The Hall–Kier alpha value is -1.02. The molecule has 2 saturated heterocycles. The summed E-state index contributed by atoms with van der Waals surface area (Å²) < 4.78 is 5.52. The van der Waals surface area contributed by atoms with Gasteiger partial charge in [0.2, 0.25) is 0 Å². The highest BCUT2D eigenvalue weighted by Crippen LogP contribution is 2.40. The van der Waals surface area contributed by atoms with E-state index in [2.05, 4.69) is 49.9 Å². The van der Waals surface area contributed by atoms with Gasteiger partial charge in [0.05, 0.1) is 6.61 Å². The Balaban J connectivity index is 1.68. The normalized spacial score (nSPS) is 22.3. The second kappa shape index (κ2) is 3.99. The highest BCUT2D eigenvalue weighted by atomic mass is 16.5. The monoisotopic (exact) mass is 245 g/mol. The summed E-state index contributed by atoms with van der Waals surface area (Å²) in [5, 5.41) is 0. The number of hydrogen-bond donors (Lipinski definition) is 0. The highest BCUT2D eigenvalue weighted by Gasteiger charge is 2.45. The fourth-order valence-corrected chi connectivity index (χ4v) is 3.02. The fourth-order valence-electron chi connectivity index (χ4n) is 3.02. The molecule has 1 spiro atoms. The van der Waals surface area contributed by atoms with Crippen LogP contribution in [0.2, 0.25) is 0 Å². The van der Waals surface area contributed by atoms with E-state index >= 15 is 0 Å². The van der Waals surface area contributed by atoms with Crippen LogP contribution in [-0.2, 0) is 10.2 Å². The van der Waals surface area contributed by atoms with Gasteiger partial charge in [0, 0.05) is 30.8 Å². The molecule has 2 heterocycles. The number of hydrogen-bond acceptors (Lipinski definition) is 2. The highest BCUT2D eigenvalue weighted by molar-refractivity contribution is 5.51. The minimum Gasteiger partial charge on any atom is -0.381 e. The van der Waals surface area contributed by atoms with Crippen LogP contribution in [0.25, 0.3) is 0 Å². The molecule has 98 valence electrons. The van der Waals surface area contributed by atoms with E-state index in [-0.39, 0.29) is 5.41 Å². The molecule has 3 rings (SSSR count). The van der Waals surface area contributed by atoms with E-state index in [9.17, 15) is 0 Å². The SMILES string of the molecule is CC(C)(C)c1ccc(N2CC3(CCOC3)C2)cc1. The number of nitrogens with zero attached hydrogens (tertiary/aromatic N) is 1. The summed E-state index contributed by atoms with van der Waals surface area (Å²) in [5.41, 5.74) is 3.49. The number of ether oxygens (including phenoxy) is 1. The summed E-state index contributed by atoms with van der Waals surface area (Å²) >= 11 is 0. The first-order valence-corrected chi connectivity index (χ1v) is 6.92. The summed E-state index contributed by atoms with van der Waals surface area (Å²) in [7, 11) is 0. The predicted octanol–water partition coefficient (Wildman–Crippen LogP) is 3.21. The quantitative estimate of drug-likeness (QED) is 0.753. The number of benzene rings is 1. The molecular weight excluding hydrogens is 222 g/mol. The van der Waals surface area contributed by atoms with E-state index in [0.717, 1.165) is 13.2 Å². The molecule has 0 aromatic heterocycles. The Bertz CT molecular complexity index is 415. The van der Waals surface area contributed by atoms with E-state index in [4.69, 9.17) is 4.74 Å². The molecule has 2 aliphatic rings. The van der Waals surface area contributed by atoms with Crippen LogP contribution in [0, 0.1) is 5.41 Å². The third-order valence-corrected chi connectivity index (χ3v) is 4.34. The van der Waals surface area contributed by atoms with Crippen LogP contribution >= 0.6 is 0 Å². The molecule has 0 unspecified atom stereocenters. The van der Waals surface area contributed by atoms with Gasteiger partial charge in [-0.25, -0.2) is 0 Å². The molecule has 2 heteroatoms. The van der Waals surface area contributed by atoms with Crippen LogP contribution in [-0.4, -0.2) is 26.3 Å². The first kappa shape index (κ1) is 12.0. The summed E-state index contributed by atoms with van der Waals surface area (Å²) in [6, 6.07) is 9.07. The molecule has 0 N–H and O–H groups in total. The zero-order chi connectivity index (χ0) is 12.8. The minimum atomic E-state index is 0.244. The van der Waals surface area contributed by atoms with Crippen molar-refractivity contribution in [1.29, 1.82) is 0 Å². The molecule has 0 saturated carbocycles. The van der Waals surface area contributed by atoms with E-state index in [1.807, 2.05) is 0 Å². The fraction of sp³-hybridized carbons (Fsp3) is 0.625. The van der Waals surface area contributed by atoms with Gasteiger partial charge < -0.3 is 9.64 Å². The lowest BCUT2D eigenvalue weighted by atomic mass is 9.79. The van der Waals surface area contributed by atoms with Crippen molar-refractivity contribution in [1.82, 2.24) is 0 Å². The van der Waals surface area contributed by atoms with Gasteiger partial charge in [-0.2, -0.15) is 0 Å². The van der Waals surface area contributed by atoms with Crippen LogP contribution in [0.15, 0.2) is 24.3 Å². The molecule has 1 aromatic carbocycles. The summed E-state index contributed by atoms with van der Waals surface area (Å²) in [5.74, 6) is 0. The van der Waals surface area contributed by atoms with Crippen molar-refractivity contribution in [3.05, 3.63) is 29.8 Å². The molecular formula is C16H23NO. The molecule has 18 heavy (non-hydrogen) atoms. The third-order valence-electron chi connectivity index (χ3n) is 4.34. The van der Waals surface area contributed by atoms with Crippen molar-refractivity contribution in [3.63, 3.8) is 0 Å². The maximum Gasteiger partial charge on any atom is 0.0557 e. The average molecular weight is 245 g/mol. The Kier molecular flexibility index (Phi) is 2.67. The van der Waals surface area contributed by atoms with Crippen LogP contribution in [0.5, 0.6) is 0 Å². The number of rotatable bonds is 1. The maximum atomic E-state index is 5.52. The largest absolute Gasteiger partial charge is 0.381 e. The topological polar surface area (TPSA) is 12.5 Å². The first-order valence-electron chi connectivity index (χ1n) is 6.92. The minimum absolute atomic E-state index is 0.244. The van der Waals surface area contributed by atoms with Crippen molar-refractivity contribution < 1.29 is 4.74 Å². The van der Waals surface area contributed by atoms with Gasteiger partial charge in [-0.15, -0.1) is 0 Å². The van der Waals surface area contributed by atoms with Crippen LogP contribution < -0.4 is 4.90 Å². The first-order chi connectivity index (χ1) is 8.49. The molecule has 0 bridgehead atoms. The lowest BCUT2D eigenvalue weighted by molar-refractivity contribution is 0.131. The average Bonchev–Trinajstić information content (AvgIpc) is 2.75. The van der Waals surface area contributed by atoms with Gasteiger partial charge in [-0.1, -0.05) is 32.9 Å². The van der Waals surface area contributed by atoms with E-state index in [1.165, 1.54) is 30.8 Å². The molecule has 0 radical (unpaired) electrons. The van der Waals surface area contributed by atoms with E-state index in [0.29, 0.717) is 5.41 Å². The molecule has 1 aromatic rings. The summed E-state index contributed by atoms with van der Waals surface area (Å²) in [6.45, 7) is 11.0. The Morgan fingerprint density at radius 1 is 1.11 bits per heavy atom. The molecule has 2 nitrogen and oxygen atoms in total. The zero-order valence-corrected chi connectivity index (χ0v) is 11.7. The van der Waals surface area contributed by atoms with Gasteiger partial charge >= 0.3 is 0 Å². The Morgan fingerprint density at radius 2 is 1.78 bits per heavy atom.